The third kappa shape index (κ3) is 3.07. The van der Waals surface area contributed by atoms with E-state index in [4.69, 9.17) is 11.6 Å². The summed E-state index contributed by atoms with van der Waals surface area (Å²) in [6.07, 6.45) is 1.67. The number of ketones is 1. The van der Waals surface area contributed by atoms with E-state index >= 15 is 0 Å². The SMILES string of the molecule is C/C(=C\N(C)C)C(=O)c1cc(F)ccc1Cl. The molecule has 0 amide bonds. The lowest BCUT2D eigenvalue weighted by molar-refractivity contribution is 0.103. The van der Waals surface area contributed by atoms with Crippen LogP contribution in [-0.2, 0) is 0 Å². The Kier molecular flexibility index (Phi) is 4.07. The second-order valence-electron chi connectivity index (χ2n) is 3.73. The van der Waals surface area contributed by atoms with Crippen molar-refractivity contribution >= 4 is 17.4 Å². The van der Waals surface area contributed by atoms with Gasteiger partial charge >= 0.3 is 0 Å². The molecule has 0 unspecified atom stereocenters. The maximum absolute atomic E-state index is 13.0. The quantitative estimate of drug-likeness (QED) is 0.599. The molecular weight excluding hydrogens is 229 g/mol. The average molecular weight is 242 g/mol. The molecule has 0 fully saturated rings. The predicted octanol–water partition coefficient (Wildman–Crippen LogP) is 3.13. The fourth-order valence-electron chi connectivity index (χ4n) is 1.33. The molecule has 0 bridgehead atoms. The Morgan fingerprint density at radius 2 is 2.06 bits per heavy atom. The van der Waals surface area contributed by atoms with E-state index in [-0.39, 0.29) is 16.4 Å². The third-order valence-electron chi connectivity index (χ3n) is 1.98. The minimum absolute atomic E-state index is 0.192. The summed E-state index contributed by atoms with van der Waals surface area (Å²) in [6.45, 7) is 1.67. The highest BCUT2D eigenvalue weighted by Gasteiger charge is 2.13. The molecule has 0 aliphatic rings. The van der Waals surface area contributed by atoms with Gasteiger partial charge in [-0.15, -0.1) is 0 Å². The number of halogens is 2. The Morgan fingerprint density at radius 1 is 1.44 bits per heavy atom. The van der Waals surface area contributed by atoms with Crippen molar-refractivity contribution in [2.45, 2.75) is 6.92 Å². The lowest BCUT2D eigenvalue weighted by Gasteiger charge is -2.08. The van der Waals surface area contributed by atoms with Gasteiger partial charge < -0.3 is 4.90 Å². The van der Waals surface area contributed by atoms with Gasteiger partial charge in [-0.2, -0.15) is 0 Å². The van der Waals surface area contributed by atoms with Gasteiger partial charge in [-0.3, -0.25) is 4.79 Å². The molecular formula is C12H13ClFNO. The molecule has 0 aliphatic heterocycles. The second kappa shape index (κ2) is 5.12. The first-order chi connectivity index (χ1) is 7.41. The van der Waals surface area contributed by atoms with Gasteiger partial charge in [0.2, 0.25) is 0 Å². The van der Waals surface area contributed by atoms with Crippen molar-refractivity contribution < 1.29 is 9.18 Å². The van der Waals surface area contributed by atoms with Crippen LogP contribution in [0.5, 0.6) is 0 Å². The predicted molar refractivity (Wildman–Crippen MR) is 63.2 cm³/mol. The molecule has 0 atom stereocenters. The number of hydrogen-bond donors (Lipinski definition) is 0. The van der Waals surface area contributed by atoms with Gasteiger partial charge in [0.1, 0.15) is 5.82 Å². The van der Waals surface area contributed by atoms with Crippen molar-refractivity contribution in [3.8, 4) is 0 Å². The molecule has 0 spiro atoms. The van der Waals surface area contributed by atoms with E-state index in [1.165, 1.54) is 12.1 Å². The normalized spacial score (nSPS) is 11.4. The molecule has 86 valence electrons. The van der Waals surface area contributed by atoms with Crippen molar-refractivity contribution in [2.75, 3.05) is 14.1 Å². The molecule has 1 rings (SSSR count). The number of allylic oxidation sites excluding steroid dienone is 1. The highest BCUT2D eigenvalue weighted by molar-refractivity contribution is 6.34. The number of hydrogen-bond acceptors (Lipinski definition) is 2. The first kappa shape index (κ1) is 12.7. The number of Topliss-reactive ketones (excluding diaryl/α,β-unsaturated/α-hetero) is 1. The Labute approximate surface area is 99.3 Å². The molecule has 0 aliphatic carbocycles. The van der Waals surface area contributed by atoms with Gasteiger partial charge in [-0.25, -0.2) is 4.39 Å². The fourth-order valence-corrected chi connectivity index (χ4v) is 1.53. The Hall–Kier alpha value is -1.35. The zero-order valence-corrected chi connectivity index (χ0v) is 10.2. The zero-order chi connectivity index (χ0) is 12.3. The van der Waals surface area contributed by atoms with Crippen molar-refractivity contribution in [3.63, 3.8) is 0 Å². The van der Waals surface area contributed by atoms with E-state index in [1.807, 2.05) is 14.1 Å². The van der Waals surface area contributed by atoms with Crippen LogP contribution in [0, 0.1) is 5.82 Å². The van der Waals surface area contributed by atoms with Gasteiger partial charge in [0.05, 0.1) is 5.02 Å². The third-order valence-corrected chi connectivity index (χ3v) is 2.31. The van der Waals surface area contributed by atoms with Crippen LogP contribution in [0.2, 0.25) is 5.02 Å². The topological polar surface area (TPSA) is 20.3 Å². The summed E-state index contributed by atoms with van der Waals surface area (Å²) in [6, 6.07) is 3.76. The Morgan fingerprint density at radius 3 is 2.62 bits per heavy atom. The molecule has 0 aromatic heterocycles. The number of carbonyl (C=O) groups excluding carboxylic acids is 1. The summed E-state index contributed by atoms with van der Waals surface area (Å²) < 4.78 is 13.0. The molecule has 0 radical (unpaired) electrons. The molecule has 0 saturated heterocycles. The minimum Gasteiger partial charge on any atom is -0.383 e. The average Bonchev–Trinajstić information content (AvgIpc) is 2.19. The summed E-state index contributed by atoms with van der Waals surface area (Å²) in [5.74, 6) is -0.733. The van der Waals surface area contributed by atoms with Gasteiger partial charge in [-0.05, 0) is 25.1 Å². The van der Waals surface area contributed by atoms with E-state index in [1.54, 1.807) is 18.0 Å². The molecule has 0 saturated carbocycles. The fraction of sp³-hybridized carbons (Fsp3) is 0.250. The second-order valence-corrected chi connectivity index (χ2v) is 4.14. The van der Waals surface area contributed by atoms with Crippen LogP contribution in [0.1, 0.15) is 17.3 Å². The van der Waals surface area contributed by atoms with Crippen LogP contribution in [-0.4, -0.2) is 24.8 Å². The number of rotatable bonds is 3. The summed E-state index contributed by atoms with van der Waals surface area (Å²) >= 11 is 5.84. The first-order valence-corrected chi connectivity index (χ1v) is 5.14. The summed E-state index contributed by atoms with van der Waals surface area (Å²) in [5, 5.41) is 0.262. The maximum Gasteiger partial charge on any atom is 0.191 e. The number of benzene rings is 1. The summed E-state index contributed by atoms with van der Waals surface area (Å²) in [5.41, 5.74) is 0.703. The van der Waals surface area contributed by atoms with E-state index in [0.29, 0.717) is 5.57 Å². The largest absolute Gasteiger partial charge is 0.383 e. The van der Waals surface area contributed by atoms with E-state index in [0.717, 1.165) is 6.07 Å². The van der Waals surface area contributed by atoms with Crippen LogP contribution in [0.4, 0.5) is 4.39 Å². The van der Waals surface area contributed by atoms with E-state index in [9.17, 15) is 9.18 Å². The van der Waals surface area contributed by atoms with Crippen LogP contribution in [0.25, 0.3) is 0 Å². The van der Waals surface area contributed by atoms with Crippen LogP contribution >= 0.6 is 11.6 Å². The highest BCUT2D eigenvalue weighted by atomic mass is 35.5. The van der Waals surface area contributed by atoms with Gasteiger partial charge in [-0.1, -0.05) is 11.6 Å². The summed E-state index contributed by atoms with van der Waals surface area (Å²) in [4.78, 5) is 13.7. The lowest BCUT2D eigenvalue weighted by Crippen LogP contribution is -2.08. The van der Waals surface area contributed by atoms with Crippen LogP contribution in [0.3, 0.4) is 0 Å². The van der Waals surface area contributed by atoms with E-state index in [2.05, 4.69) is 0 Å². The summed E-state index contributed by atoms with van der Waals surface area (Å²) in [7, 11) is 3.62. The van der Waals surface area contributed by atoms with Crippen molar-refractivity contribution in [1.29, 1.82) is 0 Å². The van der Waals surface area contributed by atoms with Gasteiger partial charge in [0.25, 0.3) is 0 Å². The smallest absolute Gasteiger partial charge is 0.191 e. The molecule has 0 heterocycles. The monoisotopic (exact) mass is 241 g/mol. The Balaban J connectivity index is 3.10. The van der Waals surface area contributed by atoms with Crippen LogP contribution < -0.4 is 0 Å². The maximum atomic E-state index is 13.0. The Bertz CT molecular complexity index is 441. The van der Waals surface area contributed by atoms with Gasteiger partial charge in [0, 0.05) is 31.4 Å². The van der Waals surface area contributed by atoms with Crippen LogP contribution in [0.15, 0.2) is 30.0 Å². The molecule has 4 heteroatoms. The molecule has 0 N–H and O–H groups in total. The highest BCUT2D eigenvalue weighted by Crippen LogP contribution is 2.20. The van der Waals surface area contributed by atoms with E-state index < -0.39 is 5.82 Å². The van der Waals surface area contributed by atoms with Crippen molar-refractivity contribution in [1.82, 2.24) is 4.90 Å². The standard InChI is InChI=1S/C12H13ClFNO/c1-8(7-15(2)3)12(16)10-6-9(14)4-5-11(10)13/h4-7H,1-3H3/b8-7+. The van der Waals surface area contributed by atoms with Crippen molar-refractivity contribution in [2.24, 2.45) is 0 Å². The number of nitrogens with zero attached hydrogens (tertiary/aromatic N) is 1. The number of carbonyl (C=O) groups is 1. The molecule has 1 aromatic carbocycles. The minimum atomic E-state index is -0.467. The first-order valence-electron chi connectivity index (χ1n) is 4.76. The van der Waals surface area contributed by atoms with Crippen molar-refractivity contribution in [3.05, 3.63) is 46.4 Å². The lowest BCUT2D eigenvalue weighted by atomic mass is 10.1. The molecule has 16 heavy (non-hydrogen) atoms. The molecule has 1 aromatic rings. The molecule has 2 nitrogen and oxygen atoms in total. The zero-order valence-electron chi connectivity index (χ0n) is 9.42. The van der Waals surface area contributed by atoms with Gasteiger partial charge in [0.15, 0.2) is 5.78 Å².